The average Bonchev–Trinajstić information content (AvgIpc) is 3.15. The summed E-state index contributed by atoms with van der Waals surface area (Å²) in [5, 5.41) is 0. The second kappa shape index (κ2) is 8.38. The fourth-order valence-corrected chi connectivity index (χ4v) is 4.20. The van der Waals surface area contributed by atoms with Crippen LogP contribution in [0.15, 0.2) is 78.9 Å². The van der Waals surface area contributed by atoms with Crippen molar-refractivity contribution in [2.75, 3.05) is 26.2 Å². The number of para-hydroxylation sites is 3. The van der Waals surface area contributed by atoms with Crippen LogP contribution in [0.2, 0.25) is 0 Å². The lowest BCUT2D eigenvalue weighted by atomic mass is 10.2. The van der Waals surface area contributed by atoms with Crippen LogP contribution in [-0.4, -0.2) is 45.5 Å². The third kappa shape index (κ3) is 3.99. The summed E-state index contributed by atoms with van der Waals surface area (Å²) >= 11 is 0. The molecule has 0 N–H and O–H groups in total. The summed E-state index contributed by atoms with van der Waals surface area (Å²) in [4.78, 5) is 9.86. The van der Waals surface area contributed by atoms with Crippen molar-refractivity contribution in [3.05, 3.63) is 96.1 Å². The molecule has 0 saturated carbocycles. The Bertz CT molecular complexity index is 1110. The minimum Gasteiger partial charge on any atom is -0.297 e. The van der Waals surface area contributed by atoms with Crippen LogP contribution in [0.25, 0.3) is 16.7 Å². The number of hydrogen-bond donors (Lipinski definition) is 0. The first-order chi connectivity index (χ1) is 14.8. The monoisotopic (exact) mass is 400 g/mol. The summed E-state index contributed by atoms with van der Waals surface area (Å²) in [5.41, 5.74) is 4.49. The Morgan fingerprint density at radius 2 is 1.33 bits per heavy atom. The van der Waals surface area contributed by atoms with Gasteiger partial charge in [0.25, 0.3) is 0 Å². The van der Waals surface area contributed by atoms with E-state index < -0.39 is 0 Å². The van der Waals surface area contributed by atoms with Crippen molar-refractivity contribution in [2.45, 2.75) is 13.1 Å². The highest BCUT2D eigenvalue weighted by Gasteiger charge is 2.20. The van der Waals surface area contributed by atoms with Crippen LogP contribution in [-0.2, 0) is 13.1 Å². The Morgan fingerprint density at radius 3 is 2.07 bits per heavy atom. The third-order valence-electron chi connectivity index (χ3n) is 5.79. The number of aromatic nitrogens is 2. The molecular formula is C25H25FN4. The molecule has 2 heterocycles. The molecule has 5 heteroatoms. The number of nitrogens with zero attached hydrogens (tertiary/aromatic N) is 4. The van der Waals surface area contributed by atoms with Crippen LogP contribution < -0.4 is 0 Å². The van der Waals surface area contributed by atoms with Crippen molar-refractivity contribution in [3.8, 4) is 5.69 Å². The Balaban J connectivity index is 1.30. The highest BCUT2D eigenvalue weighted by molar-refractivity contribution is 5.78. The average molecular weight is 401 g/mol. The molecule has 1 saturated heterocycles. The molecule has 152 valence electrons. The van der Waals surface area contributed by atoms with Gasteiger partial charge in [-0.1, -0.05) is 42.5 Å². The number of rotatable bonds is 5. The van der Waals surface area contributed by atoms with Crippen molar-refractivity contribution in [1.29, 1.82) is 0 Å². The molecular weight excluding hydrogens is 375 g/mol. The van der Waals surface area contributed by atoms with Crippen molar-refractivity contribution in [3.63, 3.8) is 0 Å². The summed E-state index contributed by atoms with van der Waals surface area (Å²) in [6, 6.07) is 25.6. The zero-order valence-electron chi connectivity index (χ0n) is 16.9. The van der Waals surface area contributed by atoms with Gasteiger partial charge in [-0.2, -0.15) is 0 Å². The van der Waals surface area contributed by atoms with Crippen molar-refractivity contribution < 1.29 is 4.39 Å². The van der Waals surface area contributed by atoms with E-state index in [1.807, 2.05) is 24.3 Å². The van der Waals surface area contributed by atoms with Gasteiger partial charge in [0, 0.05) is 38.4 Å². The summed E-state index contributed by atoms with van der Waals surface area (Å²) in [6.07, 6.45) is 0. The SMILES string of the molecule is Fc1ccc(CN2CCN(Cc3nc4ccccc4n3-c3ccccc3)CC2)cc1. The molecule has 0 unspecified atom stereocenters. The first-order valence-electron chi connectivity index (χ1n) is 10.5. The van der Waals surface area contributed by atoms with Gasteiger partial charge < -0.3 is 0 Å². The topological polar surface area (TPSA) is 24.3 Å². The zero-order valence-corrected chi connectivity index (χ0v) is 16.9. The second-order valence-corrected chi connectivity index (χ2v) is 7.87. The molecule has 1 aromatic heterocycles. The normalized spacial score (nSPS) is 15.6. The maximum Gasteiger partial charge on any atom is 0.128 e. The Labute approximate surface area is 176 Å². The van der Waals surface area contributed by atoms with E-state index in [2.05, 4.69) is 56.8 Å². The number of hydrogen-bond acceptors (Lipinski definition) is 3. The van der Waals surface area contributed by atoms with Gasteiger partial charge in [-0.15, -0.1) is 0 Å². The van der Waals surface area contributed by atoms with Gasteiger partial charge in [0.2, 0.25) is 0 Å². The molecule has 1 fully saturated rings. The van der Waals surface area contributed by atoms with Crippen LogP contribution in [0.1, 0.15) is 11.4 Å². The minimum absolute atomic E-state index is 0.176. The first-order valence-corrected chi connectivity index (χ1v) is 10.5. The zero-order chi connectivity index (χ0) is 20.3. The van der Waals surface area contributed by atoms with Gasteiger partial charge in [-0.05, 0) is 42.0 Å². The molecule has 0 aliphatic carbocycles. The number of halogens is 1. The van der Waals surface area contributed by atoms with E-state index in [1.54, 1.807) is 12.1 Å². The molecule has 1 aliphatic heterocycles. The predicted octanol–water partition coefficient (Wildman–Crippen LogP) is 4.48. The smallest absolute Gasteiger partial charge is 0.128 e. The molecule has 0 bridgehead atoms. The molecule has 0 radical (unpaired) electrons. The summed E-state index contributed by atoms with van der Waals surface area (Å²) in [5.74, 6) is 0.902. The molecule has 0 amide bonds. The van der Waals surface area contributed by atoms with Gasteiger partial charge in [0.1, 0.15) is 11.6 Å². The lowest BCUT2D eigenvalue weighted by Crippen LogP contribution is -2.45. The quantitative estimate of drug-likeness (QED) is 0.494. The van der Waals surface area contributed by atoms with Gasteiger partial charge >= 0.3 is 0 Å². The van der Waals surface area contributed by atoms with E-state index in [0.29, 0.717) is 0 Å². The summed E-state index contributed by atoms with van der Waals surface area (Å²) in [7, 11) is 0. The number of imidazole rings is 1. The highest BCUT2D eigenvalue weighted by Crippen LogP contribution is 2.23. The Kier molecular flexibility index (Phi) is 5.30. The maximum atomic E-state index is 13.1. The van der Waals surface area contributed by atoms with Gasteiger partial charge in [-0.3, -0.25) is 14.4 Å². The van der Waals surface area contributed by atoms with E-state index in [-0.39, 0.29) is 5.82 Å². The van der Waals surface area contributed by atoms with Crippen molar-refractivity contribution >= 4 is 11.0 Å². The van der Waals surface area contributed by atoms with E-state index in [0.717, 1.165) is 67.4 Å². The van der Waals surface area contributed by atoms with Crippen LogP contribution in [0.3, 0.4) is 0 Å². The van der Waals surface area contributed by atoms with Crippen LogP contribution >= 0.6 is 0 Å². The molecule has 0 atom stereocenters. The van der Waals surface area contributed by atoms with Crippen LogP contribution in [0.4, 0.5) is 4.39 Å². The van der Waals surface area contributed by atoms with Gasteiger partial charge in [-0.25, -0.2) is 9.37 Å². The van der Waals surface area contributed by atoms with E-state index in [4.69, 9.17) is 4.98 Å². The van der Waals surface area contributed by atoms with E-state index >= 15 is 0 Å². The molecule has 3 aromatic carbocycles. The number of benzene rings is 3. The fraction of sp³-hybridized carbons (Fsp3) is 0.240. The summed E-state index contributed by atoms with van der Waals surface area (Å²) < 4.78 is 15.4. The second-order valence-electron chi connectivity index (χ2n) is 7.87. The van der Waals surface area contributed by atoms with Gasteiger partial charge in [0.15, 0.2) is 0 Å². The standard InChI is InChI=1S/C25H25FN4/c26-21-12-10-20(11-13-21)18-28-14-16-29(17-15-28)19-25-27-23-8-4-5-9-24(23)30(25)22-6-2-1-3-7-22/h1-13H,14-19H2. The molecule has 30 heavy (non-hydrogen) atoms. The number of fused-ring (bicyclic) bond motifs is 1. The third-order valence-corrected chi connectivity index (χ3v) is 5.79. The minimum atomic E-state index is -0.176. The lowest BCUT2D eigenvalue weighted by molar-refractivity contribution is 0.119. The van der Waals surface area contributed by atoms with Crippen LogP contribution in [0.5, 0.6) is 0 Å². The number of piperazine rings is 1. The largest absolute Gasteiger partial charge is 0.297 e. The molecule has 4 aromatic rings. The molecule has 1 aliphatic rings. The fourth-order valence-electron chi connectivity index (χ4n) is 4.20. The maximum absolute atomic E-state index is 13.1. The molecule has 4 nitrogen and oxygen atoms in total. The Hall–Kier alpha value is -3.02. The predicted molar refractivity (Wildman–Crippen MR) is 118 cm³/mol. The molecule has 5 rings (SSSR count). The van der Waals surface area contributed by atoms with E-state index in [9.17, 15) is 4.39 Å². The summed E-state index contributed by atoms with van der Waals surface area (Å²) in [6.45, 7) is 5.70. The van der Waals surface area contributed by atoms with Crippen molar-refractivity contribution in [1.82, 2.24) is 19.4 Å². The van der Waals surface area contributed by atoms with Crippen molar-refractivity contribution in [2.24, 2.45) is 0 Å². The Morgan fingerprint density at radius 1 is 0.700 bits per heavy atom. The highest BCUT2D eigenvalue weighted by atomic mass is 19.1. The van der Waals surface area contributed by atoms with Crippen LogP contribution in [0, 0.1) is 5.82 Å². The molecule has 0 spiro atoms. The van der Waals surface area contributed by atoms with E-state index in [1.165, 1.54) is 0 Å². The first kappa shape index (κ1) is 19.0. The van der Waals surface area contributed by atoms with Gasteiger partial charge in [0.05, 0.1) is 17.6 Å². The lowest BCUT2D eigenvalue weighted by Gasteiger charge is -2.34.